The molecule has 0 amide bonds. The maximum atomic E-state index is 6.73. The molecule has 2 heteroatoms. The number of furan rings is 1. The molecule has 0 spiro atoms. The van der Waals surface area contributed by atoms with Gasteiger partial charge >= 0.3 is 0 Å². The number of anilines is 3. The van der Waals surface area contributed by atoms with Gasteiger partial charge in [0, 0.05) is 33.3 Å². The van der Waals surface area contributed by atoms with Crippen molar-refractivity contribution in [1.29, 1.82) is 0 Å². The van der Waals surface area contributed by atoms with Crippen LogP contribution in [0.3, 0.4) is 0 Å². The third-order valence-corrected chi connectivity index (χ3v) is 11.7. The summed E-state index contributed by atoms with van der Waals surface area (Å²) in [6, 6.07) is 84.8. The molecule has 0 aliphatic rings. The van der Waals surface area contributed by atoms with Crippen molar-refractivity contribution in [2.75, 3.05) is 4.90 Å². The SMILES string of the molecule is c1ccc(-c2ccc(-c3ccc(N(c4cccc(-c5ccccc5)c4)c4ccc(-c5cccc6c5oc5cc7ccccc7cc56)cc4-c4ccccc4)cc3)cc2)cc1. The molecule has 10 aromatic carbocycles. The van der Waals surface area contributed by atoms with E-state index in [4.69, 9.17) is 4.42 Å². The van der Waals surface area contributed by atoms with Crippen LogP contribution in [0.25, 0.3) is 88.3 Å². The second-order valence-corrected chi connectivity index (χ2v) is 15.3. The Balaban J connectivity index is 1.06. The van der Waals surface area contributed by atoms with Crippen molar-refractivity contribution in [3.05, 3.63) is 237 Å². The van der Waals surface area contributed by atoms with E-state index in [1.807, 2.05) is 0 Å². The molecular weight excluding hydrogens is 727 g/mol. The van der Waals surface area contributed by atoms with Gasteiger partial charge < -0.3 is 9.32 Å². The standard InChI is InChI=1S/C58H39NO/c1-4-14-40(15-5-1)42-26-28-43(29-27-42)44-30-33-50(34-31-44)59(51-23-12-22-46(36-51)41-16-6-2-7-17-41)56-35-32-49(38-54(56)45-18-8-3-9-19-45)52-24-13-25-53-55-37-47-20-10-11-21-48(47)39-57(55)60-58(52)53/h1-39H. The summed E-state index contributed by atoms with van der Waals surface area (Å²) in [7, 11) is 0. The van der Waals surface area contributed by atoms with Crippen LogP contribution in [0.4, 0.5) is 17.1 Å². The molecule has 0 atom stereocenters. The molecule has 0 aliphatic carbocycles. The molecule has 60 heavy (non-hydrogen) atoms. The number of para-hydroxylation sites is 1. The van der Waals surface area contributed by atoms with Crippen molar-refractivity contribution in [3.63, 3.8) is 0 Å². The fourth-order valence-electron chi connectivity index (χ4n) is 8.63. The number of fused-ring (bicyclic) bond motifs is 4. The van der Waals surface area contributed by atoms with Crippen LogP contribution in [-0.4, -0.2) is 0 Å². The molecule has 1 aromatic heterocycles. The minimum Gasteiger partial charge on any atom is -0.455 e. The lowest BCUT2D eigenvalue weighted by molar-refractivity contribution is 0.670. The summed E-state index contributed by atoms with van der Waals surface area (Å²) in [5.41, 5.74) is 16.6. The normalized spacial score (nSPS) is 11.3. The van der Waals surface area contributed by atoms with Crippen LogP contribution in [0.1, 0.15) is 0 Å². The lowest BCUT2D eigenvalue weighted by atomic mass is 9.94. The van der Waals surface area contributed by atoms with Crippen molar-refractivity contribution in [2.45, 2.75) is 0 Å². The van der Waals surface area contributed by atoms with Crippen LogP contribution in [-0.2, 0) is 0 Å². The van der Waals surface area contributed by atoms with E-state index in [1.54, 1.807) is 0 Å². The average molecular weight is 766 g/mol. The van der Waals surface area contributed by atoms with E-state index in [0.29, 0.717) is 0 Å². The molecular formula is C58H39NO. The summed E-state index contributed by atoms with van der Waals surface area (Å²) >= 11 is 0. The Bertz CT molecular complexity index is 3280. The maximum Gasteiger partial charge on any atom is 0.143 e. The Labute approximate surface area is 349 Å². The van der Waals surface area contributed by atoms with Gasteiger partial charge in [0.25, 0.3) is 0 Å². The van der Waals surface area contributed by atoms with Crippen molar-refractivity contribution >= 4 is 49.8 Å². The lowest BCUT2D eigenvalue weighted by Gasteiger charge is -2.29. The molecule has 2 nitrogen and oxygen atoms in total. The van der Waals surface area contributed by atoms with Gasteiger partial charge in [-0.15, -0.1) is 0 Å². The van der Waals surface area contributed by atoms with Gasteiger partial charge in [0.1, 0.15) is 11.2 Å². The molecule has 0 aliphatic heterocycles. The smallest absolute Gasteiger partial charge is 0.143 e. The zero-order chi connectivity index (χ0) is 39.8. The highest BCUT2D eigenvalue weighted by molar-refractivity contribution is 6.13. The van der Waals surface area contributed by atoms with E-state index in [2.05, 4.69) is 241 Å². The molecule has 1 heterocycles. The van der Waals surface area contributed by atoms with Gasteiger partial charge in [-0.2, -0.15) is 0 Å². The Morgan fingerprint density at radius 3 is 1.47 bits per heavy atom. The highest BCUT2D eigenvalue weighted by atomic mass is 16.3. The van der Waals surface area contributed by atoms with Crippen molar-refractivity contribution in [3.8, 4) is 55.6 Å². The van der Waals surface area contributed by atoms with Crippen LogP contribution >= 0.6 is 0 Å². The Morgan fingerprint density at radius 1 is 0.283 bits per heavy atom. The highest BCUT2D eigenvalue weighted by Gasteiger charge is 2.21. The van der Waals surface area contributed by atoms with E-state index in [0.717, 1.165) is 66.8 Å². The molecule has 11 aromatic rings. The largest absolute Gasteiger partial charge is 0.455 e. The van der Waals surface area contributed by atoms with E-state index in [1.165, 1.54) is 38.6 Å². The highest BCUT2D eigenvalue weighted by Crippen LogP contribution is 2.45. The zero-order valence-electron chi connectivity index (χ0n) is 32.9. The summed E-state index contributed by atoms with van der Waals surface area (Å²) in [6.07, 6.45) is 0. The summed E-state index contributed by atoms with van der Waals surface area (Å²) in [5.74, 6) is 0. The fraction of sp³-hybridized carbons (Fsp3) is 0. The molecule has 0 fully saturated rings. The van der Waals surface area contributed by atoms with Crippen LogP contribution in [0.2, 0.25) is 0 Å². The Morgan fingerprint density at radius 2 is 0.800 bits per heavy atom. The van der Waals surface area contributed by atoms with Crippen LogP contribution < -0.4 is 4.90 Å². The monoisotopic (exact) mass is 765 g/mol. The first-order valence-corrected chi connectivity index (χ1v) is 20.5. The summed E-state index contributed by atoms with van der Waals surface area (Å²) in [5, 5.41) is 4.63. The third-order valence-electron chi connectivity index (χ3n) is 11.7. The third kappa shape index (κ3) is 6.51. The summed E-state index contributed by atoms with van der Waals surface area (Å²) < 4.78 is 6.73. The molecule has 11 rings (SSSR count). The number of rotatable bonds is 8. The van der Waals surface area contributed by atoms with Crippen molar-refractivity contribution < 1.29 is 4.42 Å². The van der Waals surface area contributed by atoms with Crippen molar-refractivity contribution in [1.82, 2.24) is 0 Å². The fourth-order valence-corrected chi connectivity index (χ4v) is 8.63. The Kier molecular flexibility index (Phi) is 8.87. The second-order valence-electron chi connectivity index (χ2n) is 15.3. The predicted molar refractivity (Wildman–Crippen MR) is 253 cm³/mol. The Hall–Kier alpha value is -7.94. The second kappa shape index (κ2) is 15.1. The molecule has 0 saturated carbocycles. The number of hydrogen-bond donors (Lipinski definition) is 0. The van der Waals surface area contributed by atoms with Crippen LogP contribution in [0.15, 0.2) is 241 Å². The van der Waals surface area contributed by atoms with E-state index in [-0.39, 0.29) is 0 Å². The van der Waals surface area contributed by atoms with Crippen molar-refractivity contribution in [2.24, 2.45) is 0 Å². The first-order valence-electron chi connectivity index (χ1n) is 20.5. The quantitative estimate of drug-likeness (QED) is 0.153. The van der Waals surface area contributed by atoms with Gasteiger partial charge in [0.15, 0.2) is 0 Å². The van der Waals surface area contributed by atoms with E-state index in [9.17, 15) is 0 Å². The maximum absolute atomic E-state index is 6.73. The minimum absolute atomic E-state index is 0.898. The molecule has 0 radical (unpaired) electrons. The summed E-state index contributed by atoms with van der Waals surface area (Å²) in [6.45, 7) is 0. The van der Waals surface area contributed by atoms with Crippen LogP contribution in [0, 0.1) is 0 Å². The zero-order valence-corrected chi connectivity index (χ0v) is 32.9. The molecule has 0 saturated heterocycles. The average Bonchev–Trinajstić information content (AvgIpc) is 3.70. The summed E-state index contributed by atoms with van der Waals surface area (Å²) in [4.78, 5) is 2.40. The topological polar surface area (TPSA) is 16.4 Å². The van der Waals surface area contributed by atoms with Gasteiger partial charge in [0.2, 0.25) is 0 Å². The minimum atomic E-state index is 0.898. The van der Waals surface area contributed by atoms with E-state index >= 15 is 0 Å². The number of nitrogens with zero attached hydrogens (tertiary/aromatic N) is 1. The van der Waals surface area contributed by atoms with Gasteiger partial charge in [-0.25, -0.2) is 0 Å². The number of benzene rings is 10. The molecule has 0 unspecified atom stereocenters. The van der Waals surface area contributed by atoms with Gasteiger partial charge in [0.05, 0.1) is 5.69 Å². The first-order chi connectivity index (χ1) is 29.7. The van der Waals surface area contributed by atoms with Crippen LogP contribution in [0.5, 0.6) is 0 Å². The first kappa shape index (κ1) is 35.2. The number of hydrogen-bond acceptors (Lipinski definition) is 2. The van der Waals surface area contributed by atoms with Gasteiger partial charge in [-0.3, -0.25) is 0 Å². The lowest BCUT2D eigenvalue weighted by Crippen LogP contribution is -2.11. The molecule has 0 N–H and O–H groups in total. The molecule has 0 bridgehead atoms. The predicted octanol–water partition coefficient (Wildman–Crippen LogP) is 16.5. The van der Waals surface area contributed by atoms with E-state index < -0.39 is 0 Å². The van der Waals surface area contributed by atoms with Gasteiger partial charge in [-0.1, -0.05) is 188 Å². The molecule has 282 valence electrons. The van der Waals surface area contributed by atoms with Gasteiger partial charge in [-0.05, 0) is 104 Å².